The van der Waals surface area contributed by atoms with Crippen molar-refractivity contribution < 1.29 is 33.7 Å². The van der Waals surface area contributed by atoms with Crippen LogP contribution in [0.25, 0.3) is 11.1 Å². The maximum absolute atomic E-state index is 13.2. The Morgan fingerprint density at radius 3 is 2.57 bits per heavy atom. The molecule has 3 aromatic rings. The van der Waals surface area contributed by atoms with Gasteiger partial charge in [0.25, 0.3) is 11.1 Å². The molecule has 0 bridgehead atoms. The molecule has 0 aliphatic heterocycles. The molecule has 0 radical (unpaired) electrons. The third-order valence-corrected chi connectivity index (χ3v) is 5.59. The van der Waals surface area contributed by atoms with Crippen molar-refractivity contribution in [3.8, 4) is 22.1 Å². The number of esters is 1. The number of nitrogens with zero attached hydrogens (tertiary/aromatic N) is 5. The van der Waals surface area contributed by atoms with Gasteiger partial charge in [-0.2, -0.15) is 9.67 Å². The Morgan fingerprint density at radius 1 is 1.11 bits per heavy atom. The Kier molecular flexibility index (Phi) is 8.49. The molecular weight excluding hydrogens is 502 g/mol. The number of rotatable bonds is 9. The van der Waals surface area contributed by atoms with Crippen molar-refractivity contribution in [2.75, 3.05) is 14.2 Å². The van der Waals surface area contributed by atoms with Gasteiger partial charge in [-0.1, -0.05) is 11.6 Å². The van der Waals surface area contributed by atoms with Crippen LogP contribution in [0.15, 0.2) is 29.5 Å². The summed E-state index contributed by atoms with van der Waals surface area (Å²) in [5.74, 6) is -2.12. The highest BCUT2D eigenvalue weighted by atomic mass is 35.5. The number of methoxy groups -OCH3 is 2. The zero-order valence-corrected chi connectivity index (χ0v) is 20.4. The number of aryl methyl sites for hydroxylation is 1. The third kappa shape index (κ3) is 6.61. The molecule has 3 heterocycles. The molecule has 35 heavy (non-hydrogen) atoms. The highest BCUT2D eigenvalue weighted by molar-refractivity contribution is 7.10. The molecule has 0 atom stereocenters. The first kappa shape index (κ1) is 25.8. The SMILES string of the molecule is COc1nn(COC(=O)CCC(=O)O)/c(=N/C(=O)c2cnc(C)cc2-c2cc(Cl)ncc2OC)s1. The Morgan fingerprint density at radius 2 is 1.89 bits per heavy atom. The van der Waals surface area contributed by atoms with E-state index in [2.05, 4.69) is 20.1 Å². The molecule has 0 unspecified atom stereocenters. The molecular formula is C21H20ClN5O7S. The van der Waals surface area contributed by atoms with E-state index in [0.717, 1.165) is 16.0 Å². The van der Waals surface area contributed by atoms with E-state index in [4.69, 9.17) is 30.9 Å². The van der Waals surface area contributed by atoms with Crippen molar-refractivity contribution in [2.24, 2.45) is 4.99 Å². The van der Waals surface area contributed by atoms with Crippen LogP contribution >= 0.6 is 22.9 Å². The number of carbonyl (C=O) groups excluding carboxylic acids is 2. The Bertz CT molecular complexity index is 1340. The predicted octanol–water partition coefficient (Wildman–Crippen LogP) is 2.49. The van der Waals surface area contributed by atoms with E-state index in [1.165, 1.54) is 26.6 Å². The monoisotopic (exact) mass is 521 g/mol. The summed E-state index contributed by atoms with van der Waals surface area (Å²) in [5.41, 5.74) is 1.82. The predicted molar refractivity (Wildman–Crippen MR) is 123 cm³/mol. The van der Waals surface area contributed by atoms with Crippen LogP contribution in [0.5, 0.6) is 10.9 Å². The normalized spacial score (nSPS) is 11.3. The lowest BCUT2D eigenvalue weighted by atomic mass is 10.0. The standard InChI is InChI=1S/C21H20ClN5O7S/c1-11-6-12(13-7-16(22)24-9-15(13)32-2)14(8-23-11)19(31)25-20-27(26-21(33-3)35-20)10-34-18(30)5-4-17(28)29/h6-9H,4-5,10H2,1-3H3,(H,28,29)/b25-20-. The number of carbonyl (C=O) groups is 3. The van der Waals surface area contributed by atoms with Crippen LogP contribution in [-0.4, -0.2) is 56.9 Å². The lowest BCUT2D eigenvalue weighted by Gasteiger charge is -2.12. The fourth-order valence-electron chi connectivity index (χ4n) is 2.84. The zero-order chi connectivity index (χ0) is 25.5. The highest BCUT2D eigenvalue weighted by Gasteiger charge is 2.19. The van der Waals surface area contributed by atoms with Crippen molar-refractivity contribution >= 4 is 40.8 Å². The minimum atomic E-state index is -1.12. The molecule has 3 rings (SSSR count). The number of pyridine rings is 2. The van der Waals surface area contributed by atoms with E-state index >= 15 is 0 Å². The van der Waals surface area contributed by atoms with Crippen molar-refractivity contribution in [1.82, 2.24) is 19.7 Å². The second kappa shape index (κ2) is 11.5. The van der Waals surface area contributed by atoms with E-state index in [1.807, 2.05) is 0 Å². The van der Waals surface area contributed by atoms with Crippen LogP contribution in [0.2, 0.25) is 5.15 Å². The first-order valence-corrected chi connectivity index (χ1v) is 11.2. The van der Waals surface area contributed by atoms with E-state index < -0.39 is 24.6 Å². The molecule has 14 heteroatoms. The van der Waals surface area contributed by atoms with Crippen LogP contribution in [0.3, 0.4) is 0 Å². The molecule has 0 aliphatic carbocycles. The maximum atomic E-state index is 13.2. The molecule has 3 aromatic heterocycles. The third-order valence-electron chi connectivity index (χ3n) is 4.48. The van der Waals surface area contributed by atoms with E-state index in [1.54, 1.807) is 19.1 Å². The molecule has 0 saturated heterocycles. The molecule has 0 saturated carbocycles. The quantitative estimate of drug-likeness (QED) is 0.328. The van der Waals surface area contributed by atoms with Crippen molar-refractivity contribution in [3.63, 3.8) is 0 Å². The van der Waals surface area contributed by atoms with E-state index in [-0.39, 0.29) is 33.6 Å². The van der Waals surface area contributed by atoms with Gasteiger partial charge in [0.15, 0.2) is 6.73 Å². The summed E-state index contributed by atoms with van der Waals surface area (Å²) in [6, 6.07) is 3.26. The Labute approximate surface area is 207 Å². The average molecular weight is 522 g/mol. The molecule has 0 aliphatic rings. The molecule has 1 amide bonds. The molecule has 184 valence electrons. The smallest absolute Gasteiger partial charge is 0.308 e. The largest absolute Gasteiger partial charge is 0.494 e. The zero-order valence-electron chi connectivity index (χ0n) is 18.8. The summed E-state index contributed by atoms with van der Waals surface area (Å²) < 4.78 is 16.7. The summed E-state index contributed by atoms with van der Waals surface area (Å²) in [5, 5.41) is 13.2. The molecule has 0 spiro atoms. The van der Waals surface area contributed by atoms with Crippen molar-refractivity contribution in [3.05, 3.63) is 45.7 Å². The Balaban J connectivity index is 1.98. The fraction of sp³-hybridized carbons (Fsp3) is 0.286. The molecule has 0 fully saturated rings. The first-order valence-electron chi connectivity index (χ1n) is 9.96. The summed E-state index contributed by atoms with van der Waals surface area (Å²) in [6.07, 6.45) is 2.15. The van der Waals surface area contributed by atoms with Gasteiger partial charge in [-0.3, -0.25) is 19.4 Å². The minimum Gasteiger partial charge on any atom is -0.494 e. The van der Waals surface area contributed by atoms with Crippen LogP contribution in [0.1, 0.15) is 28.9 Å². The summed E-state index contributed by atoms with van der Waals surface area (Å²) >= 11 is 7.02. The minimum absolute atomic E-state index is 0.0872. The number of aliphatic carboxylic acids is 1. The highest BCUT2D eigenvalue weighted by Crippen LogP contribution is 2.34. The van der Waals surface area contributed by atoms with Gasteiger partial charge in [0.2, 0.25) is 4.80 Å². The number of carboxylic acid groups (broad SMARTS) is 1. The maximum Gasteiger partial charge on any atom is 0.308 e. The number of aromatic nitrogens is 4. The van der Waals surface area contributed by atoms with Crippen LogP contribution in [-0.2, 0) is 21.1 Å². The van der Waals surface area contributed by atoms with Gasteiger partial charge in [-0.25, -0.2) is 4.98 Å². The van der Waals surface area contributed by atoms with Crippen LogP contribution in [0, 0.1) is 6.92 Å². The summed E-state index contributed by atoms with van der Waals surface area (Å²) in [4.78, 5) is 48.1. The van der Waals surface area contributed by atoms with Crippen molar-refractivity contribution in [1.29, 1.82) is 0 Å². The Hall–Kier alpha value is -3.84. The van der Waals surface area contributed by atoms with E-state index in [9.17, 15) is 14.4 Å². The fourth-order valence-corrected chi connectivity index (χ4v) is 3.71. The van der Waals surface area contributed by atoms with Crippen LogP contribution < -0.4 is 14.3 Å². The topological polar surface area (TPSA) is 155 Å². The number of hydrogen-bond donors (Lipinski definition) is 1. The second-order valence-corrected chi connectivity index (χ2v) is 8.19. The van der Waals surface area contributed by atoms with Gasteiger partial charge < -0.3 is 19.3 Å². The second-order valence-electron chi connectivity index (χ2n) is 6.89. The lowest BCUT2D eigenvalue weighted by Crippen LogP contribution is -2.22. The number of ether oxygens (including phenoxy) is 3. The number of halogens is 1. The summed E-state index contributed by atoms with van der Waals surface area (Å²) in [6.45, 7) is 1.38. The van der Waals surface area contributed by atoms with Gasteiger partial charge in [-0.15, -0.1) is 5.10 Å². The van der Waals surface area contributed by atoms with Crippen molar-refractivity contribution in [2.45, 2.75) is 26.5 Å². The number of carboxylic acids is 1. The molecule has 0 aromatic carbocycles. The lowest BCUT2D eigenvalue weighted by molar-refractivity contribution is -0.151. The van der Waals surface area contributed by atoms with Gasteiger partial charge in [0.1, 0.15) is 10.9 Å². The first-order chi connectivity index (χ1) is 16.7. The van der Waals surface area contributed by atoms with Gasteiger partial charge in [0, 0.05) is 23.0 Å². The number of hydrogen-bond acceptors (Lipinski definition) is 10. The van der Waals surface area contributed by atoms with E-state index in [0.29, 0.717) is 22.6 Å². The average Bonchev–Trinajstić information content (AvgIpc) is 3.22. The van der Waals surface area contributed by atoms with Crippen LogP contribution in [0.4, 0.5) is 0 Å². The van der Waals surface area contributed by atoms with Gasteiger partial charge in [0.05, 0.1) is 38.8 Å². The molecule has 12 nitrogen and oxygen atoms in total. The molecule has 1 N–H and O–H groups in total. The summed E-state index contributed by atoms with van der Waals surface area (Å²) in [7, 11) is 2.85. The number of amides is 1. The van der Waals surface area contributed by atoms with Gasteiger partial charge in [-0.05, 0) is 30.4 Å². The van der Waals surface area contributed by atoms with Gasteiger partial charge >= 0.3 is 11.9 Å².